The van der Waals surface area contributed by atoms with Crippen molar-refractivity contribution in [1.82, 2.24) is 10.6 Å². The number of rotatable bonds is 6. The summed E-state index contributed by atoms with van der Waals surface area (Å²) in [6.45, 7) is 8.20. The number of nitrogens with zero attached hydrogens (tertiary/aromatic N) is 1. The van der Waals surface area contributed by atoms with E-state index in [-0.39, 0.29) is 6.04 Å². The normalized spacial score (nSPS) is 13.2. The molecule has 1 rings (SSSR count). The van der Waals surface area contributed by atoms with Crippen molar-refractivity contribution in [3.05, 3.63) is 35.9 Å². The van der Waals surface area contributed by atoms with Gasteiger partial charge in [-0.05, 0) is 25.8 Å². The Morgan fingerprint density at radius 2 is 1.94 bits per heavy atom. The third-order valence-corrected chi connectivity index (χ3v) is 2.78. The van der Waals surface area contributed by atoms with Crippen LogP contribution in [0.4, 0.5) is 0 Å². The molecule has 1 aromatic rings. The number of hydrogen-bond donors (Lipinski definition) is 2. The van der Waals surface area contributed by atoms with Crippen molar-refractivity contribution in [2.24, 2.45) is 4.99 Å². The molecule has 3 heteroatoms. The van der Waals surface area contributed by atoms with Crippen molar-refractivity contribution < 1.29 is 0 Å². The standard InChI is InChI=1S/C15H25N3/c1-4-6-12-17-15(16-5-2)18-13(3)14-10-8-7-9-11-14/h7-11,13H,4-6,12H2,1-3H3,(H2,16,17,18). The highest BCUT2D eigenvalue weighted by molar-refractivity contribution is 5.80. The maximum Gasteiger partial charge on any atom is 0.191 e. The first-order valence-corrected chi connectivity index (χ1v) is 6.87. The molecule has 1 atom stereocenters. The van der Waals surface area contributed by atoms with E-state index in [0.29, 0.717) is 0 Å². The fourth-order valence-corrected chi connectivity index (χ4v) is 1.70. The van der Waals surface area contributed by atoms with Crippen LogP contribution in [-0.4, -0.2) is 19.0 Å². The van der Waals surface area contributed by atoms with Crippen molar-refractivity contribution in [3.8, 4) is 0 Å². The van der Waals surface area contributed by atoms with Gasteiger partial charge < -0.3 is 10.6 Å². The van der Waals surface area contributed by atoms with Crippen molar-refractivity contribution in [3.63, 3.8) is 0 Å². The molecule has 0 aliphatic rings. The molecular formula is C15H25N3. The largest absolute Gasteiger partial charge is 0.357 e. The molecule has 0 aromatic heterocycles. The molecule has 0 amide bonds. The Bertz CT molecular complexity index is 346. The second-order valence-corrected chi connectivity index (χ2v) is 4.39. The lowest BCUT2D eigenvalue weighted by Crippen LogP contribution is -2.38. The minimum atomic E-state index is 0.269. The van der Waals surface area contributed by atoms with Crippen LogP contribution >= 0.6 is 0 Å². The van der Waals surface area contributed by atoms with Crippen LogP contribution in [0.5, 0.6) is 0 Å². The maximum absolute atomic E-state index is 4.56. The lowest BCUT2D eigenvalue weighted by Gasteiger charge is -2.18. The molecule has 0 saturated carbocycles. The average Bonchev–Trinajstić information content (AvgIpc) is 2.40. The Hall–Kier alpha value is -1.51. The number of benzene rings is 1. The van der Waals surface area contributed by atoms with E-state index in [1.165, 1.54) is 12.0 Å². The van der Waals surface area contributed by atoms with Crippen molar-refractivity contribution in [1.29, 1.82) is 0 Å². The second kappa shape index (κ2) is 8.56. The molecule has 1 unspecified atom stereocenters. The predicted octanol–water partition coefficient (Wildman–Crippen LogP) is 3.10. The Morgan fingerprint density at radius 3 is 2.56 bits per heavy atom. The highest BCUT2D eigenvalue weighted by atomic mass is 15.2. The van der Waals surface area contributed by atoms with Crippen LogP contribution in [0, 0.1) is 0 Å². The van der Waals surface area contributed by atoms with Gasteiger partial charge in [0.2, 0.25) is 0 Å². The number of nitrogens with one attached hydrogen (secondary N) is 2. The number of hydrogen-bond acceptors (Lipinski definition) is 1. The van der Waals surface area contributed by atoms with Crippen molar-refractivity contribution in [2.75, 3.05) is 13.1 Å². The van der Waals surface area contributed by atoms with Gasteiger partial charge in [0.15, 0.2) is 5.96 Å². The van der Waals surface area contributed by atoms with Gasteiger partial charge >= 0.3 is 0 Å². The zero-order valence-electron chi connectivity index (χ0n) is 11.7. The lowest BCUT2D eigenvalue weighted by molar-refractivity contribution is 0.682. The summed E-state index contributed by atoms with van der Waals surface area (Å²) in [4.78, 5) is 4.56. The van der Waals surface area contributed by atoms with E-state index in [1.807, 2.05) is 6.07 Å². The molecule has 0 saturated heterocycles. The molecule has 0 aliphatic carbocycles. The van der Waals surface area contributed by atoms with Gasteiger partial charge in [-0.2, -0.15) is 0 Å². The Kier molecular flexibility index (Phi) is 6.92. The van der Waals surface area contributed by atoms with Gasteiger partial charge in [0.05, 0.1) is 6.04 Å². The zero-order valence-corrected chi connectivity index (χ0v) is 11.7. The van der Waals surface area contributed by atoms with Gasteiger partial charge in [0.25, 0.3) is 0 Å². The Morgan fingerprint density at radius 1 is 1.22 bits per heavy atom. The van der Waals surface area contributed by atoms with Gasteiger partial charge in [0.1, 0.15) is 0 Å². The van der Waals surface area contributed by atoms with Gasteiger partial charge in [-0.3, -0.25) is 4.99 Å². The summed E-state index contributed by atoms with van der Waals surface area (Å²) in [6.07, 6.45) is 2.31. The van der Waals surface area contributed by atoms with Crippen LogP contribution in [0.25, 0.3) is 0 Å². The molecule has 18 heavy (non-hydrogen) atoms. The maximum atomic E-state index is 4.56. The van der Waals surface area contributed by atoms with E-state index in [0.717, 1.165) is 25.5 Å². The monoisotopic (exact) mass is 247 g/mol. The van der Waals surface area contributed by atoms with Gasteiger partial charge in [0, 0.05) is 13.1 Å². The smallest absolute Gasteiger partial charge is 0.191 e. The summed E-state index contributed by atoms with van der Waals surface area (Å²) in [5, 5.41) is 6.71. The number of guanidine groups is 1. The van der Waals surface area contributed by atoms with E-state index in [4.69, 9.17) is 0 Å². The van der Waals surface area contributed by atoms with E-state index < -0.39 is 0 Å². The van der Waals surface area contributed by atoms with Crippen molar-refractivity contribution >= 4 is 5.96 Å². The van der Waals surface area contributed by atoms with Crippen LogP contribution in [0.1, 0.15) is 45.2 Å². The molecule has 3 nitrogen and oxygen atoms in total. The molecule has 0 heterocycles. The van der Waals surface area contributed by atoms with E-state index in [1.54, 1.807) is 0 Å². The average molecular weight is 247 g/mol. The van der Waals surface area contributed by atoms with E-state index in [9.17, 15) is 0 Å². The third kappa shape index (κ3) is 5.21. The first kappa shape index (κ1) is 14.6. The van der Waals surface area contributed by atoms with E-state index in [2.05, 4.69) is 60.7 Å². The molecule has 2 N–H and O–H groups in total. The fourth-order valence-electron chi connectivity index (χ4n) is 1.70. The van der Waals surface area contributed by atoms with Crippen LogP contribution in [0.15, 0.2) is 35.3 Å². The second-order valence-electron chi connectivity index (χ2n) is 4.39. The minimum Gasteiger partial charge on any atom is -0.357 e. The number of unbranched alkanes of at least 4 members (excludes halogenated alkanes) is 1. The zero-order chi connectivity index (χ0) is 13.2. The highest BCUT2D eigenvalue weighted by Crippen LogP contribution is 2.10. The van der Waals surface area contributed by atoms with Crippen LogP contribution in [-0.2, 0) is 0 Å². The Labute approximate surface area is 111 Å². The van der Waals surface area contributed by atoms with Crippen molar-refractivity contribution in [2.45, 2.75) is 39.7 Å². The molecule has 0 bridgehead atoms. The topological polar surface area (TPSA) is 36.4 Å². The SMILES string of the molecule is CCCCN=C(NCC)NC(C)c1ccccc1. The molecular weight excluding hydrogens is 222 g/mol. The van der Waals surface area contributed by atoms with Crippen LogP contribution in [0.2, 0.25) is 0 Å². The molecule has 0 radical (unpaired) electrons. The molecule has 100 valence electrons. The highest BCUT2D eigenvalue weighted by Gasteiger charge is 2.06. The lowest BCUT2D eigenvalue weighted by atomic mass is 10.1. The van der Waals surface area contributed by atoms with Gasteiger partial charge in [-0.25, -0.2) is 0 Å². The van der Waals surface area contributed by atoms with Crippen LogP contribution in [0.3, 0.4) is 0 Å². The number of aliphatic imine (C=N–C) groups is 1. The molecule has 0 spiro atoms. The third-order valence-electron chi connectivity index (χ3n) is 2.78. The summed E-state index contributed by atoms with van der Waals surface area (Å²) < 4.78 is 0. The minimum absolute atomic E-state index is 0.269. The fraction of sp³-hybridized carbons (Fsp3) is 0.533. The quantitative estimate of drug-likeness (QED) is 0.460. The summed E-state index contributed by atoms with van der Waals surface area (Å²) in [7, 11) is 0. The molecule has 0 aliphatic heterocycles. The summed E-state index contributed by atoms with van der Waals surface area (Å²) >= 11 is 0. The van der Waals surface area contributed by atoms with Gasteiger partial charge in [-0.15, -0.1) is 0 Å². The van der Waals surface area contributed by atoms with E-state index >= 15 is 0 Å². The Balaban J connectivity index is 2.57. The first-order valence-electron chi connectivity index (χ1n) is 6.87. The summed E-state index contributed by atoms with van der Waals surface area (Å²) in [5.74, 6) is 0.905. The molecule has 1 aromatic carbocycles. The molecule has 0 fully saturated rings. The van der Waals surface area contributed by atoms with Gasteiger partial charge in [-0.1, -0.05) is 43.7 Å². The summed E-state index contributed by atoms with van der Waals surface area (Å²) in [6, 6.07) is 10.7. The summed E-state index contributed by atoms with van der Waals surface area (Å²) in [5.41, 5.74) is 1.28. The first-order chi connectivity index (χ1) is 8.77. The predicted molar refractivity (Wildman–Crippen MR) is 78.9 cm³/mol. The van der Waals surface area contributed by atoms with Crippen LogP contribution < -0.4 is 10.6 Å².